The molecule has 0 aliphatic heterocycles. The lowest BCUT2D eigenvalue weighted by molar-refractivity contribution is -0.142. The Balaban J connectivity index is 4.29. The molecule has 0 bridgehead atoms. The van der Waals surface area contributed by atoms with Crippen molar-refractivity contribution in [3.63, 3.8) is 0 Å². The van der Waals surface area contributed by atoms with Crippen LogP contribution in [0.25, 0.3) is 0 Å². The van der Waals surface area contributed by atoms with Gasteiger partial charge in [-0.1, -0.05) is 0 Å². The van der Waals surface area contributed by atoms with Crippen LogP contribution in [-0.2, 0) is 9.53 Å². The lowest BCUT2D eigenvalue weighted by Gasteiger charge is -2.02. The van der Waals surface area contributed by atoms with E-state index in [0.29, 0.717) is 6.61 Å². The van der Waals surface area contributed by atoms with Crippen molar-refractivity contribution in [1.82, 2.24) is 0 Å². The van der Waals surface area contributed by atoms with Crippen LogP contribution in [0.2, 0.25) is 0 Å². The van der Waals surface area contributed by atoms with Gasteiger partial charge in [-0.3, -0.25) is 9.79 Å². The smallest absolute Gasteiger partial charge is 0.311 e. The maximum atomic E-state index is 12.7. The molecule has 0 aliphatic carbocycles. The van der Waals surface area contributed by atoms with E-state index in [1.165, 1.54) is 13.1 Å². The van der Waals surface area contributed by atoms with E-state index < -0.39 is 11.8 Å². The third-order valence-electron chi connectivity index (χ3n) is 1.30. The number of carbonyl (C=O) groups excluding carboxylic acids is 1. The quantitative estimate of drug-likeness (QED) is 0.500. The van der Waals surface area contributed by atoms with Crippen LogP contribution < -0.4 is 0 Å². The summed E-state index contributed by atoms with van der Waals surface area (Å²) < 4.78 is 17.4. The Morgan fingerprint density at radius 3 is 2.62 bits per heavy atom. The summed E-state index contributed by atoms with van der Waals surface area (Å²) in [6.45, 7) is 4.93. The monoisotopic (exact) mass is 187 g/mol. The number of halogens is 1. The summed E-state index contributed by atoms with van der Waals surface area (Å²) in [6, 6.07) is 0. The van der Waals surface area contributed by atoms with E-state index in [2.05, 4.69) is 9.73 Å². The van der Waals surface area contributed by atoms with Crippen LogP contribution >= 0.6 is 0 Å². The first-order chi connectivity index (χ1) is 6.11. The molecule has 0 N–H and O–H groups in total. The van der Waals surface area contributed by atoms with Crippen molar-refractivity contribution in [2.45, 2.75) is 27.2 Å². The van der Waals surface area contributed by atoms with Gasteiger partial charge in [0.25, 0.3) is 0 Å². The van der Waals surface area contributed by atoms with E-state index in [9.17, 15) is 9.18 Å². The molecule has 0 saturated heterocycles. The van der Waals surface area contributed by atoms with Crippen molar-refractivity contribution >= 4 is 12.2 Å². The minimum atomic E-state index is -0.458. The van der Waals surface area contributed by atoms with Gasteiger partial charge in [0.15, 0.2) is 0 Å². The third-order valence-corrected chi connectivity index (χ3v) is 1.30. The third kappa shape index (κ3) is 5.11. The number of hydrogen-bond donors (Lipinski definition) is 0. The Morgan fingerprint density at radius 2 is 2.23 bits per heavy atom. The number of carbonyl (C=O) groups is 1. The molecule has 0 saturated carbocycles. The number of allylic oxidation sites excluding steroid dienone is 1. The zero-order valence-electron chi connectivity index (χ0n) is 8.13. The topological polar surface area (TPSA) is 38.7 Å². The van der Waals surface area contributed by atoms with Crippen molar-refractivity contribution in [2.75, 3.05) is 6.61 Å². The number of esters is 1. The van der Waals surface area contributed by atoms with Gasteiger partial charge in [-0.15, -0.1) is 0 Å². The number of hydrogen-bond acceptors (Lipinski definition) is 3. The molecule has 0 amide bonds. The van der Waals surface area contributed by atoms with Crippen molar-refractivity contribution in [3.05, 3.63) is 11.5 Å². The molecular weight excluding hydrogens is 173 g/mol. The van der Waals surface area contributed by atoms with Crippen LogP contribution in [0.15, 0.2) is 16.5 Å². The standard InChI is InChI=1S/C9H14FNO2/c1-4-11-8(7(3)10)6-9(12)13-5-2/h4H,5-6H2,1-3H3/b8-7+,11-4?. The molecule has 4 heteroatoms. The van der Waals surface area contributed by atoms with Crippen LogP contribution in [-0.4, -0.2) is 18.8 Å². The molecule has 0 radical (unpaired) electrons. The summed E-state index contributed by atoms with van der Waals surface area (Å²) in [5.41, 5.74) is 0.126. The summed E-state index contributed by atoms with van der Waals surface area (Å²) in [5.74, 6) is -0.911. The largest absolute Gasteiger partial charge is 0.466 e. The van der Waals surface area contributed by atoms with Gasteiger partial charge in [0.05, 0.1) is 18.7 Å². The highest BCUT2D eigenvalue weighted by Crippen LogP contribution is 2.11. The van der Waals surface area contributed by atoms with Gasteiger partial charge in [0.2, 0.25) is 0 Å². The fourth-order valence-electron chi connectivity index (χ4n) is 0.761. The molecule has 0 aromatic heterocycles. The van der Waals surface area contributed by atoms with E-state index >= 15 is 0 Å². The maximum Gasteiger partial charge on any atom is 0.311 e. The molecule has 0 spiro atoms. The second-order valence-corrected chi connectivity index (χ2v) is 2.35. The Hall–Kier alpha value is -1.19. The molecule has 0 rings (SSSR count). The highest BCUT2D eigenvalue weighted by molar-refractivity contribution is 5.73. The summed E-state index contributed by atoms with van der Waals surface area (Å²) in [6.07, 6.45) is 1.33. The zero-order valence-corrected chi connectivity index (χ0v) is 8.13. The lowest BCUT2D eigenvalue weighted by Crippen LogP contribution is -2.04. The van der Waals surface area contributed by atoms with E-state index in [0.717, 1.165) is 0 Å². The molecule has 0 fully saturated rings. The number of aliphatic imine (C=N–C) groups is 1. The minimum Gasteiger partial charge on any atom is -0.466 e. The summed E-state index contributed by atoms with van der Waals surface area (Å²) in [4.78, 5) is 14.7. The first kappa shape index (κ1) is 11.8. The molecule has 13 heavy (non-hydrogen) atoms. The van der Waals surface area contributed by atoms with E-state index in [1.54, 1.807) is 13.8 Å². The molecule has 3 nitrogen and oxygen atoms in total. The fourth-order valence-corrected chi connectivity index (χ4v) is 0.761. The fraction of sp³-hybridized carbons (Fsp3) is 0.556. The van der Waals surface area contributed by atoms with Crippen LogP contribution in [0, 0.1) is 0 Å². The van der Waals surface area contributed by atoms with Crippen LogP contribution in [0.1, 0.15) is 27.2 Å². The van der Waals surface area contributed by atoms with Gasteiger partial charge < -0.3 is 4.74 Å². The first-order valence-electron chi connectivity index (χ1n) is 4.11. The van der Waals surface area contributed by atoms with Gasteiger partial charge >= 0.3 is 5.97 Å². The molecule has 74 valence electrons. The van der Waals surface area contributed by atoms with Gasteiger partial charge in [-0.25, -0.2) is 4.39 Å². The van der Waals surface area contributed by atoms with Gasteiger partial charge in [-0.2, -0.15) is 0 Å². The lowest BCUT2D eigenvalue weighted by atomic mass is 10.3. The number of nitrogens with zero attached hydrogens (tertiary/aromatic N) is 1. The van der Waals surface area contributed by atoms with Crippen LogP contribution in [0.5, 0.6) is 0 Å². The maximum absolute atomic E-state index is 12.7. The predicted molar refractivity (Wildman–Crippen MR) is 49.2 cm³/mol. The Bertz CT molecular complexity index is 230. The van der Waals surface area contributed by atoms with E-state index in [1.807, 2.05) is 0 Å². The normalized spacial score (nSPS) is 12.9. The Labute approximate surface area is 77.3 Å². The van der Waals surface area contributed by atoms with Crippen LogP contribution in [0.3, 0.4) is 0 Å². The first-order valence-corrected chi connectivity index (χ1v) is 4.11. The summed E-state index contributed by atoms with van der Waals surface area (Å²) in [5, 5.41) is 0. The predicted octanol–water partition coefficient (Wildman–Crippen LogP) is 2.23. The molecule has 0 aromatic rings. The number of ether oxygens (including phenoxy) is 1. The molecule has 0 atom stereocenters. The van der Waals surface area contributed by atoms with Crippen molar-refractivity contribution < 1.29 is 13.9 Å². The van der Waals surface area contributed by atoms with Crippen molar-refractivity contribution in [2.24, 2.45) is 4.99 Å². The van der Waals surface area contributed by atoms with Gasteiger partial charge in [-0.05, 0) is 20.8 Å². The Kier molecular flexibility index (Phi) is 5.76. The second kappa shape index (κ2) is 6.34. The van der Waals surface area contributed by atoms with E-state index in [-0.39, 0.29) is 12.1 Å². The van der Waals surface area contributed by atoms with Crippen molar-refractivity contribution in [3.8, 4) is 0 Å². The molecular formula is C9H14FNO2. The van der Waals surface area contributed by atoms with Crippen LogP contribution in [0.4, 0.5) is 4.39 Å². The highest BCUT2D eigenvalue weighted by Gasteiger charge is 2.08. The van der Waals surface area contributed by atoms with Crippen molar-refractivity contribution in [1.29, 1.82) is 0 Å². The summed E-state index contributed by atoms with van der Waals surface area (Å²) in [7, 11) is 0. The van der Waals surface area contributed by atoms with Gasteiger partial charge in [0.1, 0.15) is 5.83 Å². The SMILES string of the molecule is CC=N/C(CC(=O)OCC)=C(\C)F. The minimum absolute atomic E-state index is 0.111. The molecule has 0 unspecified atom stereocenters. The second-order valence-electron chi connectivity index (χ2n) is 2.35. The Morgan fingerprint density at radius 1 is 1.62 bits per heavy atom. The number of rotatable bonds is 4. The zero-order chi connectivity index (χ0) is 10.3. The highest BCUT2D eigenvalue weighted by atomic mass is 19.1. The summed E-state index contributed by atoms with van der Waals surface area (Å²) >= 11 is 0. The average Bonchev–Trinajstić information content (AvgIpc) is 2.04. The molecule has 0 aromatic carbocycles. The van der Waals surface area contributed by atoms with E-state index in [4.69, 9.17) is 0 Å². The molecule has 0 aliphatic rings. The average molecular weight is 187 g/mol. The van der Waals surface area contributed by atoms with Gasteiger partial charge in [0, 0.05) is 6.21 Å². The molecule has 0 heterocycles.